The molecule has 0 spiro atoms. The van der Waals surface area contributed by atoms with Crippen LogP contribution in [0.5, 0.6) is 5.75 Å². The van der Waals surface area contributed by atoms with E-state index in [0.717, 1.165) is 5.75 Å². The lowest BCUT2D eigenvalue weighted by atomic mass is 10.1. The lowest BCUT2D eigenvalue weighted by molar-refractivity contribution is 0.251. The number of likely N-dealkylation sites (tertiary alicyclic amines) is 1. The summed E-state index contributed by atoms with van der Waals surface area (Å²) in [7, 11) is 1.69. The Morgan fingerprint density at radius 1 is 1.17 bits per heavy atom. The molecule has 1 aromatic carbocycles. The van der Waals surface area contributed by atoms with Crippen LogP contribution in [0.1, 0.15) is 24.4 Å². The van der Waals surface area contributed by atoms with Gasteiger partial charge in [0.15, 0.2) is 0 Å². The van der Waals surface area contributed by atoms with Gasteiger partial charge in [0.25, 0.3) is 0 Å². The van der Waals surface area contributed by atoms with Crippen LogP contribution in [0.25, 0.3) is 0 Å². The summed E-state index contributed by atoms with van der Waals surface area (Å²) in [5, 5.41) is 0. The molecule has 1 saturated heterocycles. The Hall–Kier alpha value is -0.480. The highest BCUT2D eigenvalue weighted by molar-refractivity contribution is 5.85. The zero-order valence-corrected chi connectivity index (χ0v) is 12.3. The predicted octanol–water partition coefficient (Wildman–Crippen LogP) is 2.63. The van der Waals surface area contributed by atoms with E-state index >= 15 is 0 Å². The zero-order valence-electron chi connectivity index (χ0n) is 10.7. The molecule has 1 aliphatic rings. The van der Waals surface area contributed by atoms with Crippen LogP contribution >= 0.6 is 24.8 Å². The highest BCUT2D eigenvalue weighted by Crippen LogP contribution is 2.25. The molecule has 0 bridgehead atoms. The van der Waals surface area contributed by atoms with Gasteiger partial charge >= 0.3 is 0 Å². The van der Waals surface area contributed by atoms with Gasteiger partial charge in [0.05, 0.1) is 7.11 Å². The van der Waals surface area contributed by atoms with E-state index in [9.17, 15) is 0 Å². The van der Waals surface area contributed by atoms with Gasteiger partial charge in [-0.2, -0.15) is 0 Å². The summed E-state index contributed by atoms with van der Waals surface area (Å²) in [6, 6.07) is 8.62. The molecule has 2 rings (SSSR count). The lowest BCUT2D eigenvalue weighted by Gasteiger charge is -2.26. The van der Waals surface area contributed by atoms with Gasteiger partial charge in [-0.1, -0.05) is 12.1 Å². The van der Waals surface area contributed by atoms with E-state index in [1.54, 1.807) is 7.11 Å². The molecule has 0 saturated carbocycles. The fourth-order valence-electron chi connectivity index (χ4n) is 2.38. The van der Waals surface area contributed by atoms with Gasteiger partial charge in [0.1, 0.15) is 5.75 Å². The standard InChI is InChI=1S/C13H20N2O.2ClH/c1-16-12-6-4-11(5-7-12)13(10-14)15-8-2-3-9-15;;/h4-7,13H,2-3,8-10,14H2,1H3;2*1H. The van der Waals surface area contributed by atoms with E-state index in [2.05, 4.69) is 17.0 Å². The largest absolute Gasteiger partial charge is 0.497 e. The van der Waals surface area contributed by atoms with Crippen LogP contribution < -0.4 is 10.5 Å². The van der Waals surface area contributed by atoms with E-state index in [0.29, 0.717) is 12.6 Å². The molecule has 1 unspecified atom stereocenters. The third-order valence-electron chi connectivity index (χ3n) is 3.31. The number of ether oxygens (including phenoxy) is 1. The van der Waals surface area contributed by atoms with Crippen molar-refractivity contribution in [1.29, 1.82) is 0 Å². The minimum absolute atomic E-state index is 0. The first-order chi connectivity index (χ1) is 7.85. The molecule has 1 atom stereocenters. The summed E-state index contributed by atoms with van der Waals surface area (Å²) in [6.45, 7) is 3.04. The van der Waals surface area contributed by atoms with Crippen molar-refractivity contribution < 1.29 is 4.74 Å². The van der Waals surface area contributed by atoms with E-state index in [-0.39, 0.29) is 24.8 Å². The first kappa shape index (κ1) is 17.5. The molecule has 1 heterocycles. The van der Waals surface area contributed by atoms with Crippen molar-refractivity contribution in [3.63, 3.8) is 0 Å². The lowest BCUT2D eigenvalue weighted by Crippen LogP contribution is -2.31. The van der Waals surface area contributed by atoms with Crippen molar-refractivity contribution in [2.75, 3.05) is 26.7 Å². The van der Waals surface area contributed by atoms with E-state index in [4.69, 9.17) is 10.5 Å². The summed E-state index contributed by atoms with van der Waals surface area (Å²) in [5.74, 6) is 0.904. The summed E-state index contributed by atoms with van der Waals surface area (Å²) in [6.07, 6.45) is 2.60. The summed E-state index contributed by atoms with van der Waals surface area (Å²) in [4.78, 5) is 2.47. The van der Waals surface area contributed by atoms with E-state index < -0.39 is 0 Å². The second-order valence-corrected chi connectivity index (χ2v) is 4.27. The molecule has 0 amide bonds. The van der Waals surface area contributed by atoms with Gasteiger partial charge in [-0.25, -0.2) is 0 Å². The highest BCUT2D eigenvalue weighted by Gasteiger charge is 2.21. The Kier molecular flexibility index (Phi) is 8.36. The molecular formula is C13H22Cl2N2O. The molecular weight excluding hydrogens is 271 g/mol. The Morgan fingerprint density at radius 3 is 2.17 bits per heavy atom. The monoisotopic (exact) mass is 292 g/mol. The third kappa shape index (κ3) is 4.02. The summed E-state index contributed by atoms with van der Waals surface area (Å²) >= 11 is 0. The number of halogens is 2. The molecule has 3 nitrogen and oxygen atoms in total. The molecule has 0 aliphatic carbocycles. The number of benzene rings is 1. The maximum atomic E-state index is 5.88. The third-order valence-corrected chi connectivity index (χ3v) is 3.31. The molecule has 1 fully saturated rings. The Balaban J connectivity index is 0.00000144. The van der Waals surface area contributed by atoms with Crippen molar-refractivity contribution in [3.8, 4) is 5.75 Å². The number of hydrogen-bond acceptors (Lipinski definition) is 3. The minimum atomic E-state index is 0. The molecule has 18 heavy (non-hydrogen) atoms. The second-order valence-electron chi connectivity index (χ2n) is 4.27. The normalized spacial score (nSPS) is 16.6. The van der Waals surface area contributed by atoms with Crippen molar-refractivity contribution in [2.45, 2.75) is 18.9 Å². The number of hydrogen-bond donors (Lipinski definition) is 1. The molecule has 2 N–H and O–H groups in total. The number of rotatable bonds is 4. The number of nitrogens with two attached hydrogens (primary N) is 1. The first-order valence-corrected chi connectivity index (χ1v) is 5.93. The van der Waals surface area contributed by atoms with Crippen LogP contribution in [0, 0.1) is 0 Å². The minimum Gasteiger partial charge on any atom is -0.497 e. The van der Waals surface area contributed by atoms with Crippen LogP contribution in [0.4, 0.5) is 0 Å². The predicted molar refractivity (Wildman–Crippen MR) is 80.1 cm³/mol. The number of nitrogens with zero attached hydrogens (tertiary/aromatic N) is 1. The Bertz CT molecular complexity index is 326. The highest BCUT2D eigenvalue weighted by atomic mass is 35.5. The van der Waals surface area contributed by atoms with Crippen LogP contribution in [0.3, 0.4) is 0 Å². The van der Waals surface area contributed by atoms with Gasteiger partial charge in [-0.15, -0.1) is 24.8 Å². The second kappa shape index (κ2) is 8.59. The van der Waals surface area contributed by atoms with Gasteiger partial charge < -0.3 is 10.5 Å². The fourth-order valence-corrected chi connectivity index (χ4v) is 2.38. The molecule has 104 valence electrons. The molecule has 0 aromatic heterocycles. The average Bonchev–Trinajstić information content (AvgIpc) is 2.85. The van der Waals surface area contributed by atoms with Gasteiger partial charge in [-0.05, 0) is 43.6 Å². The van der Waals surface area contributed by atoms with Crippen molar-refractivity contribution >= 4 is 24.8 Å². The summed E-state index contributed by atoms with van der Waals surface area (Å²) in [5.41, 5.74) is 7.18. The van der Waals surface area contributed by atoms with Crippen LogP contribution in [0.15, 0.2) is 24.3 Å². The van der Waals surface area contributed by atoms with Gasteiger partial charge in [0, 0.05) is 12.6 Å². The van der Waals surface area contributed by atoms with Crippen molar-refractivity contribution in [2.24, 2.45) is 5.73 Å². The van der Waals surface area contributed by atoms with Crippen molar-refractivity contribution in [3.05, 3.63) is 29.8 Å². The maximum absolute atomic E-state index is 5.88. The van der Waals surface area contributed by atoms with Crippen molar-refractivity contribution in [1.82, 2.24) is 4.90 Å². The Morgan fingerprint density at radius 2 is 1.72 bits per heavy atom. The smallest absolute Gasteiger partial charge is 0.118 e. The van der Waals surface area contributed by atoms with Gasteiger partial charge in [-0.3, -0.25) is 4.90 Å². The van der Waals surface area contributed by atoms with Crippen LogP contribution in [0.2, 0.25) is 0 Å². The van der Waals surface area contributed by atoms with E-state index in [1.165, 1.54) is 31.5 Å². The summed E-state index contributed by atoms with van der Waals surface area (Å²) < 4.78 is 5.16. The fraction of sp³-hybridized carbons (Fsp3) is 0.538. The molecule has 5 heteroatoms. The average molecular weight is 293 g/mol. The number of methoxy groups -OCH3 is 1. The van der Waals surface area contributed by atoms with Crippen LogP contribution in [-0.2, 0) is 0 Å². The molecule has 1 aromatic rings. The maximum Gasteiger partial charge on any atom is 0.118 e. The first-order valence-electron chi connectivity index (χ1n) is 5.93. The Labute approximate surface area is 121 Å². The molecule has 1 aliphatic heterocycles. The van der Waals surface area contributed by atoms with Crippen LogP contribution in [-0.4, -0.2) is 31.6 Å². The SMILES string of the molecule is COc1ccc(C(CN)N2CCCC2)cc1.Cl.Cl. The topological polar surface area (TPSA) is 38.5 Å². The molecule has 0 radical (unpaired) electrons. The quantitative estimate of drug-likeness (QED) is 0.927. The van der Waals surface area contributed by atoms with Gasteiger partial charge in [0.2, 0.25) is 0 Å². The van der Waals surface area contributed by atoms with E-state index in [1.807, 2.05) is 12.1 Å². The zero-order chi connectivity index (χ0) is 11.4.